The van der Waals surface area contributed by atoms with Crippen molar-refractivity contribution >= 4 is 5.97 Å². The Morgan fingerprint density at radius 3 is 2.50 bits per heavy atom. The summed E-state index contributed by atoms with van der Waals surface area (Å²) in [6.45, 7) is 9.48. The first-order chi connectivity index (χ1) is 12.2. The number of fused-ring (bicyclic) bond motifs is 1. The van der Waals surface area contributed by atoms with Crippen LogP contribution in [0.2, 0.25) is 0 Å². The number of ether oxygens (including phenoxy) is 2. The number of rotatable bonds is 7. The lowest BCUT2D eigenvalue weighted by Gasteiger charge is -2.56. The summed E-state index contributed by atoms with van der Waals surface area (Å²) in [5.41, 5.74) is 3.33. The second kappa shape index (κ2) is 8.43. The molecule has 0 aromatic carbocycles. The Bertz CT molecular complexity index is 536. The number of allylic oxidation sites excluding steroid dienone is 1. The van der Waals surface area contributed by atoms with Crippen LogP contribution in [0.25, 0.3) is 0 Å². The molecule has 0 saturated heterocycles. The van der Waals surface area contributed by atoms with Gasteiger partial charge in [0.1, 0.15) is 0 Å². The summed E-state index contributed by atoms with van der Waals surface area (Å²) in [4.78, 5) is 12.1. The molecule has 0 spiro atoms. The SMILES string of the molecule is COC(=O)C(CCO)CCC1=C(C)C(OC)CC2C(C)(C)CCCC12C. The Labute approximate surface area is 159 Å². The zero-order valence-electron chi connectivity index (χ0n) is 17.6. The average Bonchev–Trinajstić information content (AvgIpc) is 2.58. The van der Waals surface area contributed by atoms with Gasteiger partial charge in [0.05, 0.1) is 19.1 Å². The van der Waals surface area contributed by atoms with Crippen molar-refractivity contribution in [2.75, 3.05) is 20.8 Å². The highest BCUT2D eigenvalue weighted by atomic mass is 16.5. The van der Waals surface area contributed by atoms with Gasteiger partial charge in [0, 0.05) is 13.7 Å². The number of methoxy groups -OCH3 is 2. The van der Waals surface area contributed by atoms with Crippen LogP contribution in [0.15, 0.2) is 11.1 Å². The fourth-order valence-electron chi connectivity index (χ4n) is 5.87. The lowest BCUT2D eigenvalue weighted by Crippen LogP contribution is -2.48. The van der Waals surface area contributed by atoms with E-state index in [-0.39, 0.29) is 30.0 Å². The minimum atomic E-state index is -0.230. The van der Waals surface area contributed by atoms with E-state index in [2.05, 4.69) is 27.7 Å². The van der Waals surface area contributed by atoms with E-state index in [1.54, 1.807) is 0 Å². The van der Waals surface area contributed by atoms with Crippen LogP contribution >= 0.6 is 0 Å². The van der Waals surface area contributed by atoms with Gasteiger partial charge in [-0.2, -0.15) is 0 Å². The van der Waals surface area contributed by atoms with E-state index >= 15 is 0 Å². The van der Waals surface area contributed by atoms with Gasteiger partial charge >= 0.3 is 5.97 Å². The predicted octanol–water partition coefficient (Wildman–Crippen LogP) is 4.51. The molecule has 0 bridgehead atoms. The summed E-state index contributed by atoms with van der Waals surface area (Å²) in [5.74, 6) is 0.163. The number of carbonyl (C=O) groups excluding carboxylic acids is 1. The Kier molecular flexibility index (Phi) is 6.95. The van der Waals surface area contributed by atoms with Crippen molar-refractivity contribution < 1.29 is 19.4 Å². The van der Waals surface area contributed by atoms with Crippen molar-refractivity contribution in [3.8, 4) is 0 Å². The third-order valence-electron chi connectivity index (χ3n) is 7.37. The molecule has 1 N–H and O–H groups in total. The van der Waals surface area contributed by atoms with E-state index < -0.39 is 0 Å². The molecule has 4 atom stereocenters. The minimum Gasteiger partial charge on any atom is -0.469 e. The molecule has 0 radical (unpaired) electrons. The highest BCUT2D eigenvalue weighted by molar-refractivity contribution is 5.72. The predicted molar refractivity (Wildman–Crippen MR) is 104 cm³/mol. The van der Waals surface area contributed by atoms with Crippen molar-refractivity contribution in [1.82, 2.24) is 0 Å². The number of esters is 1. The van der Waals surface area contributed by atoms with Crippen LogP contribution in [0.1, 0.15) is 72.6 Å². The van der Waals surface area contributed by atoms with Crippen LogP contribution in [0.3, 0.4) is 0 Å². The zero-order valence-corrected chi connectivity index (χ0v) is 17.6. The fraction of sp³-hybridized carbons (Fsp3) is 0.864. The van der Waals surface area contributed by atoms with Crippen LogP contribution < -0.4 is 0 Å². The van der Waals surface area contributed by atoms with Crippen LogP contribution in [0.4, 0.5) is 0 Å². The third-order valence-corrected chi connectivity index (χ3v) is 7.37. The van der Waals surface area contributed by atoms with Gasteiger partial charge in [0.25, 0.3) is 0 Å². The highest BCUT2D eigenvalue weighted by Crippen LogP contribution is 2.60. The lowest BCUT2D eigenvalue weighted by atomic mass is 9.49. The molecule has 1 saturated carbocycles. The van der Waals surface area contributed by atoms with Crippen LogP contribution in [0.5, 0.6) is 0 Å². The molecular weight excluding hydrogens is 328 g/mol. The first-order valence-corrected chi connectivity index (χ1v) is 10.1. The first kappa shape index (κ1) is 21.4. The summed E-state index contributed by atoms with van der Waals surface area (Å²) < 4.78 is 10.8. The van der Waals surface area contributed by atoms with Crippen molar-refractivity contribution in [3.05, 3.63) is 11.1 Å². The van der Waals surface area contributed by atoms with Gasteiger partial charge in [-0.3, -0.25) is 4.79 Å². The molecular formula is C22H38O4. The van der Waals surface area contributed by atoms with Crippen molar-refractivity contribution in [1.29, 1.82) is 0 Å². The molecule has 4 heteroatoms. The Hall–Kier alpha value is -0.870. The summed E-state index contributed by atoms with van der Waals surface area (Å²) in [6.07, 6.45) is 7.09. The Morgan fingerprint density at radius 2 is 1.92 bits per heavy atom. The smallest absolute Gasteiger partial charge is 0.308 e. The van der Waals surface area contributed by atoms with E-state index in [4.69, 9.17) is 9.47 Å². The number of hydrogen-bond acceptors (Lipinski definition) is 4. The van der Waals surface area contributed by atoms with E-state index in [0.717, 1.165) is 19.3 Å². The molecule has 2 aliphatic carbocycles. The van der Waals surface area contributed by atoms with Crippen molar-refractivity contribution in [2.45, 2.75) is 78.7 Å². The molecule has 0 amide bonds. The van der Waals surface area contributed by atoms with Crippen molar-refractivity contribution in [2.24, 2.45) is 22.7 Å². The quantitative estimate of drug-likeness (QED) is 0.532. The van der Waals surface area contributed by atoms with Gasteiger partial charge in [-0.15, -0.1) is 0 Å². The van der Waals surface area contributed by atoms with E-state index in [0.29, 0.717) is 17.8 Å². The number of carbonyl (C=O) groups is 1. The second-order valence-electron chi connectivity index (χ2n) is 9.20. The average molecular weight is 367 g/mol. The largest absolute Gasteiger partial charge is 0.469 e. The molecule has 0 aliphatic heterocycles. The van der Waals surface area contributed by atoms with E-state index in [9.17, 15) is 9.90 Å². The molecule has 0 heterocycles. The summed E-state index contributed by atoms with van der Waals surface area (Å²) >= 11 is 0. The Morgan fingerprint density at radius 1 is 1.23 bits per heavy atom. The minimum absolute atomic E-state index is 0.0193. The number of aliphatic hydroxyl groups excluding tert-OH is 1. The molecule has 4 nitrogen and oxygen atoms in total. The monoisotopic (exact) mass is 366 g/mol. The summed E-state index contributed by atoms with van der Waals surface area (Å²) in [5, 5.41) is 9.32. The fourth-order valence-corrected chi connectivity index (χ4v) is 5.87. The van der Waals surface area contributed by atoms with Crippen molar-refractivity contribution in [3.63, 3.8) is 0 Å². The van der Waals surface area contributed by atoms with E-state index in [1.807, 2.05) is 7.11 Å². The summed E-state index contributed by atoms with van der Waals surface area (Å²) in [6, 6.07) is 0. The molecule has 2 rings (SSSR count). The second-order valence-corrected chi connectivity index (χ2v) is 9.20. The van der Waals surface area contributed by atoms with Gasteiger partial charge in [0.2, 0.25) is 0 Å². The normalized spacial score (nSPS) is 32.1. The topological polar surface area (TPSA) is 55.8 Å². The molecule has 1 fully saturated rings. The van der Waals surface area contributed by atoms with Crippen LogP contribution in [-0.4, -0.2) is 38.0 Å². The highest BCUT2D eigenvalue weighted by Gasteiger charge is 2.52. The molecule has 4 unspecified atom stereocenters. The number of hydrogen-bond donors (Lipinski definition) is 1. The van der Waals surface area contributed by atoms with Gasteiger partial charge in [0.15, 0.2) is 0 Å². The van der Waals surface area contributed by atoms with Gasteiger partial charge in [-0.05, 0) is 67.8 Å². The molecule has 2 aliphatic rings. The summed E-state index contributed by atoms with van der Waals surface area (Å²) in [7, 11) is 3.24. The van der Waals surface area contributed by atoms with Crippen LogP contribution in [-0.2, 0) is 14.3 Å². The lowest BCUT2D eigenvalue weighted by molar-refractivity contribution is -0.146. The molecule has 26 heavy (non-hydrogen) atoms. The molecule has 0 aromatic heterocycles. The first-order valence-electron chi connectivity index (χ1n) is 10.1. The zero-order chi connectivity index (χ0) is 19.5. The maximum absolute atomic E-state index is 12.1. The van der Waals surface area contributed by atoms with Gasteiger partial charge in [-0.1, -0.05) is 32.8 Å². The van der Waals surface area contributed by atoms with Crippen LogP contribution in [0, 0.1) is 22.7 Å². The van der Waals surface area contributed by atoms with E-state index in [1.165, 1.54) is 37.5 Å². The maximum atomic E-state index is 12.1. The standard InChI is InChI=1S/C22H38O4/c1-15-17(9-8-16(10-13-23)20(24)26-6)22(4)12-7-11-21(2,3)19(22)14-18(15)25-5/h16,18-19,23H,7-14H2,1-6H3. The van der Waals surface area contributed by atoms with Gasteiger partial charge in [-0.25, -0.2) is 0 Å². The maximum Gasteiger partial charge on any atom is 0.308 e. The third kappa shape index (κ3) is 4.01. The number of aliphatic hydroxyl groups is 1. The van der Waals surface area contributed by atoms with Gasteiger partial charge < -0.3 is 14.6 Å². The molecule has 150 valence electrons. The molecule has 0 aromatic rings. The Balaban J connectivity index is 2.31.